The number of rotatable bonds is 4. The lowest BCUT2D eigenvalue weighted by Gasteiger charge is -2.20. The van der Waals surface area contributed by atoms with Gasteiger partial charge in [-0.2, -0.15) is 5.26 Å². The number of hydrogen-bond donors (Lipinski definition) is 1. The van der Waals surface area contributed by atoms with Gasteiger partial charge in [-0.25, -0.2) is 0 Å². The summed E-state index contributed by atoms with van der Waals surface area (Å²) in [6.07, 6.45) is 2.55. The van der Waals surface area contributed by atoms with Crippen molar-refractivity contribution in [3.05, 3.63) is 65.4 Å². The van der Waals surface area contributed by atoms with Gasteiger partial charge in [0.2, 0.25) is 0 Å². The molecule has 1 fully saturated rings. The summed E-state index contributed by atoms with van der Waals surface area (Å²) in [7, 11) is 0. The first-order valence-corrected chi connectivity index (χ1v) is 9.12. The molecule has 0 atom stereocenters. The molecule has 0 spiro atoms. The molecule has 1 saturated heterocycles. The van der Waals surface area contributed by atoms with Crippen molar-refractivity contribution in [1.29, 1.82) is 5.26 Å². The van der Waals surface area contributed by atoms with E-state index in [0.717, 1.165) is 36.5 Å². The maximum absolute atomic E-state index is 8.88. The summed E-state index contributed by atoms with van der Waals surface area (Å²) in [5.41, 5.74) is 6.33. The van der Waals surface area contributed by atoms with Crippen LogP contribution >= 0.6 is 0 Å². The van der Waals surface area contributed by atoms with Gasteiger partial charge < -0.3 is 10.2 Å². The van der Waals surface area contributed by atoms with Crippen molar-refractivity contribution in [1.82, 2.24) is 4.98 Å². The van der Waals surface area contributed by atoms with Crippen molar-refractivity contribution in [2.75, 3.05) is 23.3 Å². The second-order valence-corrected chi connectivity index (χ2v) is 6.87. The molecular formula is C22H22N4. The highest BCUT2D eigenvalue weighted by molar-refractivity contribution is 5.92. The number of fused-ring (bicyclic) bond motifs is 1. The average Bonchev–Trinajstić information content (AvgIpc) is 3.20. The highest BCUT2D eigenvalue weighted by Crippen LogP contribution is 2.30. The van der Waals surface area contributed by atoms with Gasteiger partial charge in [0.1, 0.15) is 0 Å². The summed E-state index contributed by atoms with van der Waals surface area (Å²) in [4.78, 5) is 7.23. The Morgan fingerprint density at radius 2 is 1.85 bits per heavy atom. The Balaban J connectivity index is 1.57. The standard InChI is InChI=1S/C22H22N4/c1-16-12-22(26-10-2-3-11-26)20-9-6-18(13-21(20)25-16)15-24-19-7-4-17(14-23)5-8-19/h4-9,12-13,24H,2-3,10-11,15H2,1H3. The molecule has 4 rings (SSSR count). The zero-order valence-electron chi connectivity index (χ0n) is 15.0. The molecular weight excluding hydrogens is 320 g/mol. The van der Waals surface area contributed by atoms with Crippen LogP contribution in [-0.2, 0) is 6.54 Å². The molecule has 0 saturated carbocycles. The Labute approximate surface area is 154 Å². The van der Waals surface area contributed by atoms with Crippen LogP contribution in [0, 0.1) is 18.3 Å². The predicted molar refractivity (Wildman–Crippen MR) is 106 cm³/mol. The lowest BCUT2D eigenvalue weighted by Crippen LogP contribution is -2.18. The molecule has 0 unspecified atom stereocenters. The molecule has 1 aromatic heterocycles. The van der Waals surface area contributed by atoms with Gasteiger partial charge in [0, 0.05) is 42.1 Å². The maximum Gasteiger partial charge on any atom is 0.0991 e. The first-order valence-electron chi connectivity index (χ1n) is 9.12. The van der Waals surface area contributed by atoms with E-state index in [4.69, 9.17) is 10.2 Å². The van der Waals surface area contributed by atoms with Crippen LogP contribution in [0.2, 0.25) is 0 Å². The second-order valence-electron chi connectivity index (χ2n) is 6.87. The Hall–Kier alpha value is -3.06. The van der Waals surface area contributed by atoms with E-state index in [-0.39, 0.29) is 0 Å². The van der Waals surface area contributed by atoms with Crippen molar-refractivity contribution in [2.24, 2.45) is 0 Å². The molecule has 1 aliphatic heterocycles. The quantitative estimate of drug-likeness (QED) is 0.751. The SMILES string of the molecule is Cc1cc(N2CCCC2)c2ccc(CNc3ccc(C#N)cc3)cc2n1. The monoisotopic (exact) mass is 342 g/mol. The van der Waals surface area contributed by atoms with Crippen molar-refractivity contribution < 1.29 is 0 Å². The number of hydrogen-bond acceptors (Lipinski definition) is 4. The van der Waals surface area contributed by atoms with Crippen LogP contribution in [0.3, 0.4) is 0 Å². The third kappa shape index (κ3) is 3.34. The zero-order valence-corrected chi connectivity index (χ0v) is 15.0. The van der Waals surface area contributed by atoms with Gasteiger partial charge in [0.15, 0.2) is 0 Å². The molecule has 3 aromatic rings. The summed E-state index contributed by atoms with van der Waals surface area (Å²) in [6, 6.07) is 18.4. The maximum atomic E-state index is 8.88. The smallest absolute Gasteiger partial charge is 0.0991 e. The van der Waals surface area contributed by atoms with E-state index >= 15 is 0 Å². The lowest BCUT2D eigenvalue weighted by atomic mass is 10.1. The molecule has 0 amide bonds. The predicted octanol–water partition coefficient (Wildman–Crippen LogP) is 4.63. The molecule has 1 aliphatic rings. The summed E-state index contributed by atoms with van der Waals surface area (Å²) >= 11 is 0. The number of aromatic nitrogens is 1. The zero-order chi connectivity index (χ0) is 17.9. The highest BCUT2D eigenvalue weighted by atomic mass is 15.1. The van der Waals surface area contributed by atoms with Crippen LogP contribution in [-0.4, -0.2) is 18.1 Å². The fourth-order valence-corrected chi connectivity index (χ4v) is 3.58. The number of benzene rings is 2. The van der Waals surface area contributed by atoms with Crippen LogP contribution in [0.25, 0.3) is 10.9 Å². The van der Waals surface area contributed by atoms with Crippen molar-refractivity contribution in [3.8, 4) is 6.07 Å². The minimum absolute atomic E-state index is 0.676. The van der Waals surface area contributed by atoms with Crippen LogP contribution < -0.4 is 10.2 Å². The molecule has 0 bridgehead atoms. The number of nitrogens with one attached hydrogen (secondary N) is 1. The van der Waals surface area contributed by atoms with Gasteiger partial charge in [-0.15, -0.1) is 0 Å². The molecule has 26 heavy (non-hydrogen) atoms. The van der Waals surface area contributed by atoms with E-state index < -0.39 is 0 Å². The number of aryl methyl sites for hydroxylation is 1. The Morgan fingerprint density at radius 3 is 2.58 bits per heavy atom. The molecule has 2 aromatic carbocycles. The number of nitrogens with zero attached hydrogens (tertiary/aromatic N) is 3. The third-order valence-electron chi connectivity index (χ3n) is 4.94. The van der Waals surface area contributed by atoms with Crippen LogP contribution in [0.15, 0.2) is 48.5 Å². The van der Waals surface area contributed by atoms with E-state index in [0.29, 0.717) is 5.56 Å². The van der Waals surface area contributed by atoms with Crippen LogP contribution in [0.1, 0.15) is 29.7 Å². The summed E-state index contributed by atoms with van der Waals surface area (Å²) < 4.78 is 0. The highest BCUT2D eigenvalue weighted by Gasteiger charge is 2.16. The van der Waals surface area contributed by atoms with E-state index in [9.17, 15) is 0 Å². The molecule has 0 radical (unpaired) electrons. The average molecular weight is 342 g/mol. The number of nitriles is 1. The molecule has 130 valence electrons. The molecule has 0 aliphatic carbocycles. The van der Waals surface area contributed by atoms with Crippen LogP contribution in [0.5, 0.6) is 0 Å². The Bertz CT molecular complexity index is 964. The first-order chi connectivity index (χ1) is 12.7. The Morgan fingerprint density at radius 1 is 1.08 bits per heavy atom. The second kappa shape index (κ2) is 7.05. The molecule has 4 heteroatoms. The van der Waals surface area contributed by atoms with Gasteiger partial charge in [0.25, 0.3) is 0 Å². The molecule has 1 N–H and O–H groups in total. The van der Waals surface area contributed by atoms with E-state index in [1.54, 1.807) is 0 Å². The van der Waals surface area contributed by atoms with Gasteiger partial charge in [-0.05, 0) is 61.7 Å². The van der Waals surface area contributed by atoms with Crippen LogP contribution in [0.4, 0.5) is 11.4 Å². The minimum atomic E-state index is 0.676. The van der Waals surface area contributed by atoms with Gasteiger partial charge in [-0.3, -0.25) is 4.98 Å². The van der Waals surface area contributed by atoms with Crippen molar-refractivity contribution in [2.45, 2.75) is 26.3 Å². The summed E-state index contributed by atoms with van der Waals surface area (Å²) in [5.74, 6) is 0. The van der Waals surface area contributed by atoms with Crippen molar-refractivity contribution >= 4 is 22.3 Å². The Kier molecular flexibility index (Phi) is 4.45. The van der Waals surface area contributed by atoms with Gasteiger partial charge in [-0.1, -0.05) is 12.1 Å². The van der Waals surface area contributed by atoms with E-state index in [2.05, 4.69) is 47.5 Å². The topological polar surface area (TPSA) is 52.0 Å². The number of pyridine rings is 1. The molecule has 2 heterocycles. The molecule has 4 nitrogen and oxygen atoms in total. The lowest BCUT2D eigenvalue weighted by molar-refractivity contribution is 0.949. The third-order valence-corrected chi connectivity index (χ3v) is 4.94. The number of anilines is 2. The summed E-state index contributed by atoms with van der Waals surface area (Å²) in [6.45, 7) is 5.08. The first kappa shape index (κ1) is 16.4. The minimum Gasteiger partial charge on any atom is -0.381 e. The van der Waals surface area contributed by atoms with E-state index in [1.807, 2.05) is 24.3 Å². The fourth-order valence-electron chi connectivity index (χ4n) is 3.58. The van der Waals surface area contributed by atoms with Gasteiger partial charge in [0.05, 0.1) is 17.1 Å². The normalized spacial score (nSPS) is 13.8. The van der Waals surface area contributed by atoms with Gasteiger partial charge >= 0.3 is 0 Å². The fraction of sp³-hybridized carbons (Fsp3) is 0.273. The van der Waals surface area contributed by atoms with Crippen molar-refractivity contribution in [3.63, 3.8) is 0 Å². The summed E-state index contributed by atoms with van der Waals surface area (Å²) in [5, 5.41) is 13.5. The largest absolute Gasteiger partial charge is 0.381 e. The van der Waals surface area contributed by atoms with E-state index in [1.165, 1.54) is 29.5 Å².